The Balaban J connectivity index is 2.17. The molecule has 1 aromatic rings. The molecule has 3 rings (SSSR count). The molecular formula is C14H15IN2O. The second-order valence-corrected chi connectivity index (χ2v) is 6.37. The van der Waals surface area contributed by atoms with E-state index in [1.807, 2.05) is 18.2 Å². The van der Waals surface area contributed by atoms with Gasteiger partial charge in [-0.1, -0.05) is 6.07 Å². The topological polar surface area (TPSA) is 47.3 Å². The summed E-state index contributed by atoms with van der Waals surface area (Å²) in [7, 11) is 0. The van der Waals surface area contributed by atoms with Crippen LogP contribution < -0.4 is 3.11 Å². The predicted octanol–water partition coefficient (Wildman–Crippen LogP) is 2.91. The van der Waals surface area contributed by atoms with E-state index >= 15 is 0 Å². The summed E-state index contributed by atoms with van der Waals surface area (Å²) < 4.78 is 2.19. The number of nitriles is 1. The summed E-state index contributed by atoms with van der Waals surface area (Å²) >= 11 is 2.31. The van der Waals surface area contributed by atoms with E-state index in [2.05, 4.69) is 32.0 Å². The second kappa shape index (κ2) is 4.39. The first-order valence-corrected chi connectivity index (χ1v) is 7.26. The highest BCUT2D eigenvalue weighted by molar-refractivity contribution is 14.1. The molecule has 1 N–H and O–H groups in total. The van der Waals surface area contributed by atoms with Crippen LogP contribution in [0.15, 0.2) is 18.2 Å². The van der Waals surface area contributed by atoms with Gasteiger partial charge in [0.15, 0.2) is 0 Å². The van der Waals surface area contributed by atoms with Gasteiger partial charge in [-0.15, -0.1) is 0 Å². The zero-order valence-electron chi connectivity index (χ0n) is 10.1. The molecule has 3 nitrogen and oxygen atoms in total. The Kier molecular flexibility index (Phi) is 2.99. The molecule has 1 aromatic carbocycles. The number of rotatable bonds is 2. The number of nitrogens with zero attached hydrogens (tertiary/aromatic N) is 2. The third-order valence-corrected chi connectivity index (χ3v) is 5.16. The van der Waals surface area contributed by atoms with Crippen LogP contribution in [0.4, 0.5) is 5.69 Å². The van der Waals surface area contributed by atoms with Crippen molar-refractivity contribution in [2.24, 2.45) is 5.92 Å². The summed E-state index contributed by atoms with van der Waals surface area (Å²) in [5, 5.41) is 19.0. The Bertz CT molecular complexity index is 521. The van der Waals surface area contributed by atoms with Crippen molar-refractivity contribution in [2.75, 3.05) is 9.66 Å². The average Bonchev–Trinajstić information content (AvgIpc) is 3.24. The fraction of sp³-hybridized carbons (Fsp3) is 0.500. The largest absolute Gasteiger partial charge is 0.392 e. The molecule has 0 bridgehead atoms. The lowest BCUT2D eigenvalue weighted by atomic mass is 9.71. The van der Waals surface area contributed by atoms with E-state index < -0.39 is 0 Å². The monoisotopic (exact) mass is 354 g/mol. The Morgan fingerprint density at radius 1 is 1.50 bits per heavy atom. The Hall–Kier alpha value is -0.800. The fourth-order valence-corrected chi connectivity index (χ4v) is 3.65. The van der Waals surface area contributed by atoms with E-state index in [-0.39, 0.29) is 12.0 Å². The van der Waals surface area contributed by atoms with Crippen molar-refractivity contribution in [3.8, 4) is 6.07 Å². The molecule has 1 saturated carbocycles. The maximum absolute atomic E-state index is 9.72. The van der Waals surface area contributed by atoms with Gasteiger partial charge >= 0.3 is 0 Å². The third-order valence-electron chi connectivity index (χ3n) is 4.16. The van der Waals surface area contributed by atoms with Gasteiger partial charge in [-0.3, -0.25) is 0 Å². The number of aliphatic hydroxyl groups excluding tert-OH is 1. The number of benzene rings is 1. The van der Waals surface area contributed by atoms with E-state index in [4.69, 9.17) is 0 Å². The van der Waals surface area contributed by atoms with E-state index in [1.165, 1.54) is 0 Å². The van der Waals surface area contributed by atoms with Crippen LogP contribution in [0.5, 0.6) is 0 Å². The number of halogens is 1. The lowest BCUT2D eigenvalue weighted by molar-refractivity contribution is 0.281. The highest BCUT2D eigenvalue weighted by Crippen LogP contribution is 2.54. The molecule has 0 saturated heterocycles. The third kappa shape index (κ3) is 1.72. The van der Waals surface area contributed by atoms with E-state index in [1.54, 1.807) is 0 Å². The molecule has 1 heterocycles. The smallest absolute Gasteiger partial charge is 0.0887 e. The van der Waals surface area contributed by atoms with Crippen LogP contribution in [0.1, 0.15) is 30.4 Å². The second-order valence-electron chi connectivity index (χ2n) is 5.20. The molecule has 0 amide bonds. The van der Waals surface area contributed by atoms with Crippen LogP contribution in [-0.4, -0.2) is 11.7 Å². The van der Waals surface area contributed by atoms with Gasteiger partial charge in [-0.25, -0.2) is 0 Å². The summed E-state index contributed by atoms with van der Waals surface area (Å²) in [6.45, 7) is 0.969. The number of hydrogen-bond donors (Lipinski definition) is 1. The van der Waals surface area contributed by atoms with Gasteiger partial charge in [0.25, 0.3) is 0 Å². The van der Waals surface area contributed by atoms with Crippen molar-refractivity contribution in [3.63, 3.8) is 0 Å². The first-order chi connectivity index (χ1) is 8.71. The normalized spacial score (nSPS) is 26.6. The van der Waals surface area contributed by atoms with Crippen LogP contribution in [0.25, 0.3) is 0 Å². The van der Waals surface area contributed by atoms with E-state index in [9.17, 15) is 10.4 Å². The first kappa shape index (κ1) is 12.2. The predicted molar refractivity (Wildman–Crippen MR) is 78.4 cm³/mol. The van der Waals surface area contributed by atoms with Crippen molar-refractivity contribution in [1.29, 1.82) is 5.26 Å². The van der Waals surface area contributed by atoms with Crippen molar-refractivity contribution in [3.05, 3.63) is 29.3 Å². The molecule has 4 heteroatoms. The van der Waals surface area contributed by atoms with Crippen LogP contribution in [0.2, 0.25) is 0 Å². The zero-order valence-corrected chi connectivity index (χ0v) is 12.2. The van der Waals surface area contributed by atoms with Gasteiger partial charge in [-0.2, -0.15) is 5.26 Å². The number of anilines is 1. The molecule has 1 fully saturated rings. The molecule has 1 atom stereocenters. The van der Waals surface area contributed by atoms with Gasteiger partial charge < -0.3 is 8.22 Å². The first-order valence-electron chi connectivity index (χ1n) is 6.30. The van der Waals surface area contributed by atoms with Crippen LogP contribution >= 0.6 is 22.9 Å². The number of hydrogen-bond acceptors (Lipinski definition) is 3. The van der Waals surface area contributed by atoms with Crippen LogP contribution in [-0.2, 0) is 12.0 Å². The summed E-state index contributed by atoms with van der Waals surface area (Å²) in [6, 6.07) is 8.62. The Morgan fingerprint density at radius 2 is 2.28 bits per heavy atom. The lowest BCUT2D eigenvalue weighted by Crippen LogP contribution is -2.37. The van der Waals surface area contributed by atoms with Crippen molar-refractivity contribution in [1.82, 2.24) is 0 Å². The number of aliphatic hydroxyl groups is 1. The van der Waals surface area contributed by atoms with E-state index in [0.717, 1.165) is 42.6 Å². The summed E-state index contributed by atoms with van der Waals surface area (Å²) in [6.07, 6.45) is 3.23. The molecule has 94 valence electrons. The van der Waals surface area contributed by atoms with Gasteiger partial charge in [0, 0.05) is 6.54 Å². The summed E-state index contributed by atoms with van der Waals surface area (Å²) in [5.74, 6) is 0.514. The molecule has 0 aromatic heterocycles. The molecule has 0 spiro atoms. The molecule has 1 aliphatic heterocycles. The fourth-order valence-electron chi connectivity index (χ4n) is 2.99. The molecule has 1 unspecified atom stereocenters. The molecule has 2 aliphatic rings. The quantitative estimate of drug-likeness (QED) is 0.656. The highest BCUT2D eigenvalue weighted by atomic mass is 127. The summed E-state index contributed by atoms with van der Waals surface area (Å²) in [5.41, 5.74) is 2.86. The molecular weight excluding hydrogens is 339 g/mol. The lowest BCUT2D eigenvalue weighted by Gasteiger charge is -2.38. The minimum absolute atomic E-state index is 0.0424. The van der Waals surface area contributed by atoms with Crippen LogP contribution in [0, 0.1) is 17.2 Å². The maximum Gasteiger partial charge on any atom is 0.0887 e. The maximum atomic E-state index is 9.72. The average molecular weight is 354 g/mol. The Labute approximate surface area is 121 Å². The van der Waals surface area contributed by atoms with Crippen molar-refractivity contribution >= 4 is 28.6 Å². The summed E-state index contributed by atoms with van der Waals surface area (Å²) in [4.78, 5) is 0. The van der Waals surface area contributed by atoms with Gasteiger partial charge in [-0.05, 0) is 48.4 Å². The SMILES string of the molecule is N#CC1(C2CC2)CCN(I)c2ccc(CO)cc21. The highest BCUT2D eigenvalue weighted by Gasteiger charge is 2.50. The van der Waals surface area contributed by atoms with Gasteiger partial charge in [0.2, 0.25) is 0 Å². The standard InChI is InChI=1S/C14H15IN2O/c15-17-6-5-14(9-16,11-2-3-11)12-7-10(8-18)1-4-13(12)17/h1,4,7,11,18H,2-3,5-6,8H2. The van der Waals surface area contributed by atoms with Gasteiger partial charge in [0.1, 0.15) is 0 Å². The number of fused-ring (bicyclic) bond motifs is 1. The van der Waals surface area contributed by atoms with Crippen LogP contribution in [0.3, 0.4) is 0 Å². The van der Waals surface area contributed by atoms with Gasteiger partial charge in [0.05, 0.1) is 46.6 Å². The van der Waals surface area contributed by atoms with E-state index in [0.29, 0.717) is 5.92 Å². The zero-order chi connectivity index (χ0) is 12.8. The van der Waals surface area contributed by atoms with Crippen molar-refractivity contribution < 1.29 is 5.11 Å². The minimum atomic E-state index is -0.317. The van der Waals surface area contributed by atoms with Crippen molar-refractivity contribution in [2.45, 2.75) is 31.3 Å². The molecule has 0 radical (unpaired) electrons. The molecule has 18 heavy (non-hydrogen) atoms. The molecule has 1 aliphatic carbocycles. The Morgan fingerprint density at radius 3 is 2.89 bits per heavy atom. The minimum Gasteiger partial charge on any atom is -0.392 e.